The predicted molar refractivity (Wildman–Crippen MR) is 208 cm³/mol. The van der Waals surface area contributed by atoms with Crippen LogP contribution >= 0.6 is 11.3 Å². The molecule has 0 spiro atoms. The largest absolute Gasteiger partial charge is 0.494 e. The van der Waals surface area contributed by atoms with Gasteiger partial charge < -0.3 is 15.2 Å². The fraction of sp³-hybridized carbons (Fsp3) is 0.326. The molecule has 2 N–H and O–H groups in total. The molecule has 2 aromatic heterocycles. The molecule has 0 aliphatic rings. The Balaban J connectivity index is 1.23. The third-order valence-electron chi connectivity index (χ3n) is 8.87. The summed E-state index contributed by atoms with van der Waals surface area (Å²) in [5, 5.41) is 11.9. The number of carboxylic acids is 1. The number of hydrogen-bond donors (Lipinski definition) is 2. The molecule has 2 atom stereocenters. The van der Waals surface area contributed by atoms with Crippen molar-refractivity contribution in [3.8, 4) is 39.4 Å². The molecule has 0 radical (unpaired) electrons. The summed E-state index contributed by atoms with van der Waals surface area (Å²) >= 11 is 1.44. The first-order valence-electron chi connectivity index (χ1n) is 17.7. The molecule has 8 nitrogen and oxygen atoms in total. The van der Waals surface area contributed by atoms with Gasteiger partial charge in [-0.25, -0.2) is 9.97 Å². The standard InChI is InChI=1S/C43H47N3O5S/c1-27(2)21-22-51-36-17-15-31(16-18-36)30-11-13-32(14-12-30)35-25-44-40(45-26-35)33-9-7-29(8-10-33)23-34(41(48)46-28(3)42(49)50)24-37(47)38-19-20-39(52-38)43(4,5)6/h7-20,25-28,34H,21-24H2,1-6H3,(H,46,48)(H,49,50)/t28-,34-/m1/s1. The summed E-state index contributed by atoms with van der Waals surface area (Å²) < 4.78 is 5.85. The van der Waals surface area contributed by atoms with E-state index in [0.29, 0.717) is 23.2 Å². The number of carbonyl (C=O) groups is 3. The molecular formula is C43H47N3O5S. The van der Waals surface area contributed by atoms with E-state index < -0.39 is 23.8 Å². The van der Waals surface area contributed by atoms with Crippen LogP contribution in [0.3, 0.4) is 0 Å². The molecule has 0 fully saturated rings. The Kier molecular flexibility index (Phi) is 12.4. The number of amides is 1. The van der Waals surface area contributed by atoms with E-state index in [9.17, 15) is 19.5 Å². The first-order chi connectivity index (χ1) is 24.8. The van der Waals surface area contributed by atoms with E-state index in [-0.39, 0.29) is 24.0 Å². The number of ketones is 1. The number of nitrogens with one attached hydrogen (secondary N) is 1. The first kappa shape index (κ1) is 38.1. The Bertz CT molecular complexity index is 1960. The molecule has 0 saturated carbocycles. The van der Waals surface area contributed by atoms with Gasteiger partial charge in [0.05, 0.1) is 11.5 Å². The second-order valence-corrected chi connectivity index (χ2v) is 15.7. The van der Waals surface area contributed by atoms with E-state index in [0.717, 1.165) is 50.4 Å². The summed E-state index contributed by atoms with van der Waals surface area (Å²) in [6.07, 6.45) is 4.88. The minimum Gasteiger partial charge on any atom is -0.494 e. The molecule has 52 heavy (non-hydrogen) atoms. The second kappa shape index (κ2) is 16.9. The van der Waals surface area contributed by atoms with E-state index in [1.165, 1.54) is 18.3 Å². The second-order valence-electron chi connectivity index (χ2n) is 14.6. The van der Waals surface area contributed by atoms with Crippen molar-refractivity contribution in [3.05, 3.63) is 113 Å². The zero-order valence-electron chi connectivity index (χ0n) is 30.7. The summed E-state index contributed by atoms with van der Waals surface area (Å²) in [5.74, 6) is -0.427. The Morgan fingerprint density at radius 2 is 1.33 bits per heavy atom. The highest BCUT2D eigenvalue weighted by molar-refractivity contribution is 7.14. The molecule has 0 unspecified atom stereocenters. The van der Waals surface area contributed by atoms with Crippen molar-refractivity contribution in [2.24, 2.45) is 11.8 Å². The molecule has 0 saturated heterocycles. The highest BCUT2D eigenvalue weighted by Gasteiger charge is 2.27. The normalized spacial score (nSPS) is 12.7. The van der Waals surface area contributed by atoms with E-state index >= 15 is 0 Å². The van der Waals surface area contributed by atoms with Crippen LogP contribution in [0.1, 0.15) is 74.5 Å². The zero-order chi connectivity index (χ0) is 37.4. The minimum absolute atomic E-state index is 0.0324. The van der Waals surface area contributed by atoms with Gasteiger partial charge >= 0.3 is 5.97 Å². The average molecular weight is 718 g/mol. The van der Waals surface area contributed by atoms with E-state index in [2.05, 4.69) is 86.3 Å². The number of hydrogen-bond acceptors (Lipinski definition) is 7. The summed E-state index contributed by atoms with van der Waals surface area (Å²) in [7, 11) is 0. The molecule has 0 aliphatic carbocycles. The molecule has 0 bridgehead atoms. The van der Waals surface area contributed by atoms with E-state index in [1.807, 2.05) is 48.5 Å². The highest BCUT2D eigenvalue weighted by Crippen LogP contribution is 2.31. The van der Waals surface area contributed by atoms with Crippen molar-refractivity contribution >= 4 is 29.0 Å². The van der Waals surface area contributed by atoms with Crippen LogP contribution in [-0.4, -0.2) is 45.4 Å². The van der Waals surface area contributed by atoms with Gasteiger partial charge in [-0.2, -0.15) is 0 Å². The van der Waals surface area contributed by atoms with E-state index in [1.54, 1.807) is 12.4 Å². The van der Waals surface area contributed by atoms with Crippen molar-refractivity contribution < 1.29 is 24.2 Å². The molecule has 2 heterocycles. The molecular weight excluding hydrogens is 671 g/mol. The summed E-state index contributed by atoms with van der Waals surface area (Å²) in [6, 6.07) is 26.7. The lowest BCUT2D eigenvalue weighted by Crippen LogP contribution is -2.42. The predicted octanol–water partition coefficient (Wildman–Crippen LogP) is 9.28. The number of thiophene rings is 1. The zero-order valence-corrected chi connectivity index (χ0v) is 31.5. The van der Waals surface area contributed by atoms with Crippen LogP contribution in [0.2, 0.25) is 0 Å². The highest BCUT2D eigenvalue weighted by atomic mass is 32.1. The van der Waals surface area contributed by atoms with Crippen LogP contribution in [0.5, 0.6) is 5.75 Å². The van der Waals surface area contributed by atoms with Gasteiger partial charge in [0.15, 0.2) is 11.6 Å². The third kappa shape index (κ3) is 10.2. The molecule has 1 amide bonds. The van der Waals surface area contributed by atoms with Gasteiger partial charge in [0.1, 0.15) is 11.8 Å². The molecule has 3 aromatic carbocycles. The Morgan fingerprint density at radius 1 is 0.769 bits per heavy atom. The molecule has 0 aliphatic heterocycles. The fourth-order valence-corrected chi connectivity index (χ4v) is 6.59. The lowest BCUT2D eigenvalue weighted by Gasteiger charge is -2.18. The van der Waals surface area contributed by atoms with Crippen molar-refractivity contribution in [1.82, 2.24) is 15.3 Å². The van der Waals surface area contributed by atoms with Crippen molar-refractivity contribution in [3.63, 3.8) is 0 Å². The quantitative estimate of drug-likeness (QED) is 0.104. The number of nitrogens with zero attached hydrogens (tertiary/aromatic N) is 2. The van der Waals surface area contributed by atoms with Crippen LogP contribution in [0, 0.1) is 11.8 Å². The Labute approximate surface area is 310 Å². The number of benzene rings is 3. The van der Waals surface area contributed by atoms with Gasteiger partial charge in [0.2, 0.25) is 5.91 Å². The number of rotatable bonds is 15. The third-order valence-corrected chi connectivity index (χ3v) is 10.4. The van der Waals surface area contributed by atoms with Crippen LogP contribution in [0.4, 0.5) is 0 Å². The van der Waals surface area contributed by atoms with Crippen LogP contribution in [0.25, 0.3) is 33.6 Å². The molecule has 9 heteroatoms. The Morgan fingerprint density at radius 3 is 1.87 bits per heavy atom. The first-order valence-corrected chi connectivity index (χ1v) is 18.5. The topological polar surface area (TPSA) is 118 Å². The monoisotopic (exact) mass is 717 g/mol. The van der Waals surface area contributed by atoms with Crippen LogP contribution in [0.15, 0.2) is 97.3 Å². The number of Topliss-reactive ketones (excluding diaryl/α,β-unsaturated/α-hetero) is 1. The van der Waals surface area contributed by atoms with Gasteiger partial charge in [-0.3, -0.25) is 14.4 Å². The maximum Gasteiger partial charge on any atom is 0.325 e. The number of ether oxygens (including phenoxy) is 1. The van der Waals surface area contributed by atoms with E-state index in [4.69, 9.17) is 4.74 Å². The minimum atomic E-state index is -1.14. The number of carboxylic acid groups (broad SMARTS) is 1. The van der Waals surface area contributed by atoms with Crippen LogP contribution < -0.4 is 10.1 Å². The number of carbonyl (C=O) groups excluding carboxylic acids is 2. The van der Waals surface area contributed by atoms with Crippen molar-refractivity contribution in [2.45, 2.75) is 72.3 Å². The SMILES string of the molecule is CC(C)CCOc1ccc(-c2ccc(-c3cnc(-c4ccc(C[C@H](CC(=O)c5ccc(C(C)(C)C)s5)C(=O)N[C@H](C)C(=O)O)cc4)nc3)cc2)cc1. The van der Waals surface area contributed by atoms with Gasteiger partial charge in [0.25, 0.3) is 0 Å². The molecule has 5 rings (SSSR count). The van der Waals surface area contributed by atoms with Gasteiger partial charge in [-0.1, -0.05) is 95.3 Å². The van der Waals surface area contributed by atoms with Crippen molar-refractivity contribution in [2.75, 3.05) is 6.61 Å². The lowest BCUT2D eigenvalue weighted by molar-refractivity contribution is -0.141. The smallest absolute Gasteiger partial charge is 0.325 e. The molecule has 5 aromatic rings. The van der Waals surface area contributed by atoms with Crippen molar-refractivity contribution in [1.29, 1.82) is 0 Å². The molecule has 270 valence electrons. The van der Waals surface area contributed by atoms with Gasteiger partial charge in [-0.15, -0.1) is 11.3 Å². The van der Waals surface area contributed by atoms with Crippen LogP contribution in [-0.2, 0) is 21.4 Å². The fourth-order valence-electron chi connectivity index (χ4n) is 5.58. The maximum absolute atomic E-state index is 13.3. The van der Waals surface area contributed by atoms with Gasteiger partial charge in [-0.05, 0) is 77.6 Å². The summed E-state index contributed by atoms with van der Waals surface area (Å²) in [5.41, 5.74) is 5.69. The summed E-state index contributed by atoms with van der Waals surface area (Å²) in [4.78, 5) is 48.9. The maximum atomic E-state index is 13.3. The lowest BCUT2D eigenvalue weighted by atomic mass is 9.92. The Hall–Kier alpha value is -5.15. The number of aliphatic carboxylic acids is 1. The number of aromatic nitrogens is 2. The average Bonchev–Trinajstić information content (AvgIpc) is 3.64. The summed E-state index contributed by atoms with van der Waals surface area (Å²) in [6.45, 7) is 12.8. The van der Waals surface area contributed by atoms with Gasteiger partial charge in [0, 0.05) is 40.7 Å².